The molecular weight excluding hydrogens is 286 g/mol. The summed E-state index contributed by atoms with van der Waals surface area (Å²) in [5.74, 6) is 0.957. The van der Waals surface area contributed by atoms with E-state index in [0.717, 1.165) is 55.1 Å². The monoisotopic (exact) mass is 305 g/mol. The molecular formula is C15H19N3O2S. The predicted molar refractivity (Wildman–Crippen MR) is 82.9 cm³/mol. The smallest absolute Gasteiger partial charge is 0.147 e. The summed E-state index contributed by atoms with van der Waals surface area (Å²) in [5, 5.41) is 5.75. The average molecular weight is 305 g/mol. The van der Waals surface area contributed by atoms with Gasteiger partial charge in [-0.2, -0.15) is 0 Å². The van der Waals surface area contributed by atoms with E-state index in [0.29, 0.717) is 6.04 Å². The van der Waals surface area contributed by atoms with Crippen molar-refractivity contribution < 1.29 is 9.47 Å². The summed E-state index contributed by atoms with van der Waals surface area (Å²) in [6.07, 6.45) is 4.65. The van der Waals surface area contributed by atoms with E-state index in [1.807, 2.05) is 0 Å². The van der Waals surface area contributed by atoms with E-state index in [2.05, 4.69) is 27.6 Å². The summed E-state index contributed by atoms with van der Waals surface area (Å²) in [6, 6.07) is 0.390. The summed E-state index contributed by atoms with van der Waals surface area (Å²) >= 11 is 1.71. The first-order valence-corrected chi connectivity index (χ1v) is 8.31. The zero-order valence-corrected chi connectivity index (χ0v) is 12.9. The molecule has 2 aliphatic heterocycles. The van der Waals surface area contributed by atoms with Crippen LogP contribution in [-0.2, 0) is 9.47 Å². The topological polar surface area (TPSA) is 56.3 Å². The van der Waals surface area contributed by atoms with Crippen molar-refractivity contribution in [2.45, 2.75) is 37.8 Å². The van der Waals surface area contributed by atoms with Gasteiger partial charge in [0, 0.05) is 25.7 Å². The lowest BCUT2D eigenvalue weighted by Gasteiger charge is -2.37. The van der Waals surface area contributed by atoms with Gasteiger partial charge in [0.2, 0.25) is 0 Å². The Morgan fingerprint density at radius 3 is 3.19 bits per heavy atom. The van der Waals surface area contributed by atoms with Crippen molar-refractivity contribution in [1.82, 2.24) is 9.97 Å². The molecule has 1 spiro atoms. The van der Waals surface area contributed by atoms with Crippen LogP contribution in [0.5, 0.6) is 0 Å². The van der Waals surface area contributed by atoms with E-state index in [9.17, 15) is 0 Å². The number of anilines is 1. The summed E-state index contributed by atoms with van der Waals surface area (Å²) in [5.41, 5.74) is 2.20. The Morgan fingerprint density at radius 1 is 1.38 bits per heavy atom. The van der Waals surface area contributed by atoms with Crippen molar-refractivity contribution in [2.75, 3.05) is 25.1 Å². The molecule has 6 heteroatoms. The molecule has 0 aliphatic carbocycles. The summed E-state index contributed by atoms with van der Waals surface area (Å²) in [7, 11) is 0. The highest BCUT2D eigenvalue weighted by Gasteiger charge is 2.41. The molecule has 4 heterocycles. The van der Waals surface area contributed by atoms with E-state index in [1.54, 1.807) is 17.7 Å². The standard InChI is InChI=1S/C15H19N3O2S/c1-10-7-21-13-12(10)16-9-17-14(13)18-11-2-4-20-15(6-11)3-5-19-8-15/h7,9,11H,2-6,8H2,1H3,(H,16,17,18)/t11-,15-/m0/s1. The first-order valence-electron chi connectivity index (χ1n) is 7.43. The fourth-order valence-corrected chi connectivity index (χ4v) is 4.23. The molecule has 0 radical (unpaired) electrons. The molecule has 1 N–H and O–H groups in total. The van der Waals surface area contributed by atoms with Crippen molar-refractivity contribution >= 4 is 27.4 Å². The van der Waals surface area contributed by atoms with Gasteiger partial charge in [-0.05, 0) is 30.7 Å². The van der Waals surface area contributed by atoms with Gasteiger partial charge in [-0.1, -0.05) is 0 Å². The van der Waals surface area contributed by atoms with Gasteiger partial charge in [0.05, 0.1) is 22.4 Å². The number of aryl methyl sites for hydroxylation is 1. The minimum atomic E-state index is -0.0760. The minimum absolute atomic E-state index is 0.0760. The maximum absolute atomic E-state index is 5.99. The van der Waals surface area contributed by atoms with Crippen LogP contribution in [0.2, 0.25) is 0 Å². The van der Waals surface area contributed by atoms with Crippen LogP contribution in [0, 0.1) is 6.92 Å². The van der Waals surface area contributed by atoms with Gasteiger partial charge in [-0.3, -0.25) is 0 Å². The van der Waals surface area contributed by atoms with Crippen molar-refractivity contribution in [3.8, 4) is 0 Å². The molecule has 0 bridgehead atoms. The van der Waals surface area contributed by atoms with Gasteiger partial charge in [0.25, 0.3) is 0 Å². The Labute approximate surface area is 127 Å². The second-order valence-electron chi connectivity index (χ2n) is 5.99. The Balaban J connectivity index is 1.57. The third kappa shape index (κ3) is 2.41. The van der Waals surface area contributed by atoms with Gasteiger partial charge in [0.1, 0.15) is 12.1 Å². The van der Waals surface area contributed by atoms with Gasteiger partial charge in [-0.15, -0.1) is 11.3 Å². The fourth-order valence-electron chi connectivity index (χ4n) is 3.28. The number of aromatic nitrogens is 2. The largest absolute Gasteiger partial charge is 0.378 e. The number of fused-ring (bicyclic) bond motifs is 1. The highest BCUT2D eigenvalue weighted by molar-refractivity contribution is 7.18. The number of ether oxygens (including phenoxy) is 2. The van der Waals surface area contributed by atoms with Crippen molar-refractivity contribution in [3.63, 3.8) is 0 Å². The maximum atomic E-state index is 5.99. The van der Waals surface area contributed by atoms with Crippen LogP contribution >= 0.6 is 11.3 Å². The number of hydrogen-bond donors (Lipinski definition) is 1. The quantitative estimate of drug-likeness (QED) is 0.924. The molecule has 0 saturated carbocycles. The van der Waals surface area contributed by atoms with Gasteiger partial charge in [0.15, 0.2) is 0 Å². The molecule has 4 rings (SSSR count). The summed E-state index contributed by atoms with van der Waals surface area (Å²) in [6.45, 7) is 4.42. The number of nitrogens with one attached hydrogen (secondary N) is 1. The zero-order valence-electron chi connectivity index (χ0n) is 12.1. The molecule has 2 aliphatic rings. The number of nitrogens with zero attached hydrogens (tertiary/aromatic N) is 2. The van der Waals surface area contributed by atoms with E-state index in [-0.39, 0.29) is 5.60 Å². The van der Waals surface area contributed by atoms with Crippen LogP contribution in [-0.4, -0.2) is 41.4 Å². The molecule has 112 valence electrons. The third-order valence-corrected chi connectivity index (χ3v) is 5.53. The normalized spacial score (nSPS) is 29.3. The minimum Gasteiger partial charge on any atom is -0.378 e. The first-order chi connectivity index (χ1) is 10.3. The van der Waals surface area contributed by atoms with Gasteiger partial charge < -0.3 is 14.8 Å². The Kier molecular flexibility index (Phi) is 3.32. The van der Waals surface area contributed by atoms with Crippen LogP contribution in [0.25, 0.3) is 10.2 Å². The molecule has 5 nitrogen and oxygen atoms in total. The highest BCUT2D eigenvalue weighted by atomic mass is 32.1. The number of hydrogen-bond acceptors (Lipinski definition) is 6. The van der Waals surface area contributed by atoms with Crippen LogP contribution in [0.1, 0.15) is 24.8 Å². The molecule has 21 heavy (non-hydrogen) atoms. The first kappa shape index (κ1) is 13.4. The lowest BCUT2D eigenvalue weighted by atomic mass is 9.90. The maximum Gasteiger partial charge on any atom is 0.147 e. The SMILES string of the molecule is Cc1csc2c(N[C@H]3CCO[C@@]4(CCOC4)C3)ncnc12. The van der Waals surface area contributed by atoms with Crippen LogP contribution in [0.3, 0.4) is 0 Å². The van der Waals surface area contributed by atoms with E-state index < -0.39 is 0 Å². The molecule has 2 aromatic heterocycles. The average Bonchev–Trinajstić information content (AvgIpc) is 3.08. The van der Waals surface area contributed by atoms with Crippen LogP contribution in [0.4, 0.5) is 5.82 Å². The lowest BCUT2D eigenvalue weighted by Crippen LogP contribution is -2.45. The molecule has 0 aromatic carbocycles. The lowest BCUT2D eigenvalue weighted by molar-refractivity contribution is -0.0828. The van der Waals surface area contributed by atoms with Gasteiger partial charge >= 0.3 is 0 Å². The molecule has 2 saturated heterocycles. The number of rotatable bonds is 2. The molecule has 2 fully saturated rings. The van der Waals surface area contributed by atoms with Crippen molar-refractivity contribution in [2.24, 2.45) is 0 Å². The molecule has 0 amide bonds. The molecule has 0 unspecified atom stereocenters. The Morgan fingerprint density at radius 2 is 2.33 bits per heavy atom. The Bertz CT molecular complexity index is 651. The van der Waals surface area contributed by atoms with Crippen LogP contribution < -0.4 is 5.32 Å². The summed E-state index contributed by atoms with van der Waals surface area (Å²) < 4.78 is 12.7. The summed E-state index contributed by atoms with van der Waals surface area (Å²) in [4.78, 5) is 8.83. The number of thiophene rings is 1. The fraction of sp³-hybridized carbons (Fsp3) is 0.600. The van der Waals surface area contributed by atoms with E-state index in [4.69, 9.17) is 9.47 Å². The second-order valence-corrected chi connectivity index (χ2v) is 6.87. The highest BCUT2D eigenvalue weighted by Crippen LogP contribution is 2.35. The van der Waals surface area contributed by atoms with E-state index in [1.165, 1.54) is 5.56 Å². The van der Waals surface area contributed by atoms with Crippen molar-refractivity contribution in [3.05, 3.63) is 17.3 Å². The van der Waals surface area contributed by atoms with E-state index >= 15 is 0 Å². The van der Waals surface area contributed by atoms with Gasteiger partial charge in [-0.25, -0.2) is 9.97 Å². The molecule has 2 atom stereocenters. The zero-order chi connectivity index (χ0) is 14.3. The molecule has 2 aromatic rings. The predicted octanol–water partition coefficient (Wildman–Crippen LogP) is 2.75. The second kappa shape index (κ2) is 5.19. The Hall–Kier alpha value is -1.24. The van der Waals surface area contributed by atoms with Crippen LogP contribution in [0.15, 0.2) is 11.7 Å². The van der Waals surface area contributed by atoms with Crippen molar-refractivity contribution in [1.29, 1.82) is 0 Å². The third-order valence-electron chi connectivity index (χ3n) is 4.43.